The first kappa shape index (κ1) is 12.9. The van der Waals surface area contributed by atoms with Crippen LogP contribution >= 0.6 is 0 Å². The van der Waals surface area contributed by atoms with E-state index >= 15 is 0 Å². The van der Waals surface area contributed by atoms with E-state index in [1.165, 1.54) is 0 Å². The smallest absolute Gasteiger partial charge is 0.245 e. The number of carbonyl (C=O) groups excluding carboxylic acids is 1. The second-order valence-corrected chi connectivity index (χ2v) is 4.40. The molecule has 4 N–H and O–H groups in total. The Morgan fingerprint density at radius 3 is 2.94 bits per heavy atom. The monoisotopic (exact) mass is 249 g/mol. The molecule has 0 saturated carbocycles. The molecule has 0 aliphatic carbocycles. The molecule has 18 heavy (non-hydrogen) atoms. The molecule has 1 aromatic carbocycles. The lowest BCUT2D eigenvalue weighted by Gasteiger charge is -2.23. The summed E-state index contributed by atoms with van der Waals surface area (Å²) in [4.78, 5) is 13.6. The zero-order valence-corrected chi connectivity index (χ0v) is 10.5. The first-order chi connectivity index (χ1) is 8.67. The molecule has 1 aromatic rings. The number of rotatable bonds is 5. The van der Waals surface area contributed by atoms with Crippen molar-refractivity contribution in [2.75, 3.05) is 29.9 Å². The van der Waals surface area contributed by atoms with Gasteiger partial charge in [-0.05, 0) is 25.5 Å². The van der Waals surface area contributed by atoms with Crippen LogP contribution < -0.4 is 16.0 Å². The number of nitrogens with two attached hydrogens (primary N) is 1. The van der Waals surface area contributed by atoms with E-state index in [2.05, 4.69) is 17.1 Å². The van der Waals surface area contributed by atoms with E-state index in [9.17, 15) is 4.79 Å². The summed E-state index contributed by atoms with van der Waals surface area (Å²) in [7, 11) is 0. The molecule has 0 spiro atoms. The van der Waals surface area contributed by atoms with Crippen LogP contribution in [0.15, 0.2) is 18.2 Å². The third-order valence-electron chi connectivity index (χ3n) is 3.25. The molecule has 1 heterocycles. The molecule has 1 aliphatic heterocycles. The second-order valence-electron chi connectivity index (χ2n) is 4.40. The maximum absolute atomic E-state index is 11.5. The van der Waals surface area contributed by atoms with Gasteiger partial charge in [-0.25, -0.2) is 0 Å². The molecular weight excluding hydrogens is 230 g/mol. The number of aliphatic hydroxyl groups excluding tert-OH is 1. The summed E-state index contributed by atoms with van der Waals surface area (Å²) in [5, 5.41) is 11.7. The molecule has 2 rings (SSSR count). The summed E-state index contributed by atoms with van der Waals surface area (Å²) in [5.74, 6) is -0.152. The Kier molecular flexibility index (Phi) is 3.84. The number of hydrogen-bond donors (Lipinski definition) is 3. The first-order valence-corrected chi connectivity index (χ1v) is 6.23. The standard InChI is InChI=1S/C13H19N3O2/c1-2-16(6-3-7-17)9-4-5-10-11(8-9)15-13(18)12(10)14/h4-5,8,12,17H,2-3,6-7,14H2,1H3,(H,15,18). The molecule has 0 fully saturated rings. The average Bonchev–Trinajstić information content (AvgIpc) is 2.66. The van der Waals surface area contributed by atoms with Crippen LogP contribution in [-0.2, 0) is 4.79 Å². The zero-order valence-electron chi connectivity index (χ0n) is 10.5. The quantitative estimate of drug-likeness (QED) is 0.723. The fraction of sp³-hybridized carbons (Fsp3) is 0.462. The van der Waals surface area contributed by atoms with Crippen LogP contribution in [-0.4, -0.2) is 30.7 Å². The number of aliphatic hydroxyl groups is 1. The van der Waals surface area contributed by atoms with Gasteiger partial charge in [0.1, 0.15) is 6.04 Å². The van der Waals surface area contributed by atoms with E-state index in [-0.39, 0.29) is 12.5 Å². The number of hydrogen-bond acceptors (Lipinski definition) is 4. The minimum Gasteiger partial charge on any atom is -0.396 e. The Bertz CT molecular complexity index is 448. The van der Waals surface area contributed by atoms with Gasteiger partial charge in [0, 0.05) is 36.6 Å². The van der Waals surface area contributed by atoms with Crippen molar-refractivity contribution in [3.63, 3.8) is 0 Å². The fourth-order valence-electron chi connectivity index (χ4n) is 2.20. The van der Waals surface area contributed by atoms with E-state index < -0.39 is 6.04 Å². The zero-order chi connectivity index (χ0) is 13.1. The summed E-state index contributed by atoms with van der Waals surface area (Å²) in [5.41, 5.74) is 8.46. The molecule has 5 nitrogen and oxygen atoms in total. The van der Waals surface area contributed by atoms with Crippen LogP contribution in [0.2, 0.25) is 0 Å². The summed E-state index contributed by atoms with van der Waals surface area (Å²) in [6.07, 6.45) is 0.733. The Morgan fingerprint density at radius 1 is 1.50 bits per heavy atom. The molecule has 1 unspecified atom stereocenters. The molecular formula is C13H19N3O2. The van der Waals surface area contributed by atoms with Crippen LogP contribution in [0.1, 0.15) is 24.9 Å². The van der Waals surface area contributed by atoms with Gasteiger partial charge in [-0.15, -0.1) is 0 Å². The first-order valence-electron chi connectivity index (χ1n) is 6.23. The summed E-state index contributed by atoms with van der Waals surface area (Å²) < 4.78 is 0. The van der Waals surface area contributed by atoms with Crippen molar-refractivity contribution in [1.29, 1.82) is 0 Å². The molecule has 0 aromatic heterocycles. The Balaban J connectivity index is 2.21. The molecule has 1 amide bonds. The van der Waals surface area contributed by atoms with Crippen LogP contribution in [0.3, 0.4) is 0 Å². The lowest BCUT2D eigenvalue weighted by atomic mass is 10.1. The van der Waals surface area contributed by atoms with Crippen LogP contribution in [0.25, 0.3) is 0 Å². The van der Waals surface area contributed by atoms with Crippen molar-refractivity contribution in [3.05, 3.63) is 23.8 Å². The third kappa shape index (κ3) is 2.32. The largest absolute Gasteiger partial charge is 0.396 e. The fourth-order valence-corrected chi connectivity index (χ4v) is 2.20. The predicted octanol–water partition coefficient (Wildman–Crippen LogP) is 0.847. The molecule has 0 radical (unpaired) electrons. The highest BCUT2D eigenvalue weighted by atomic mass is 16.3. The van der Waals surface area contributed by atoms with Gasteiger partial charge < -0.3 is 21.1 Å². The van der Waals surface area contributed by atoms with Gasteiger partial charge in [0.15, 0.2) is 0 Å². The average molecular weight is 249 g/mol. The second kappa shape index (κ2) is 5.37. The van der Waals surface area contributed by atoms with E-state index in [0.717, 1.165) is 36.4 Å². The van der Waals surface area contributed by atoms with Crippen LogP contribution in [0, 0.1) is 0 Å². The molecule has 0 bridgehead atoms. The third-order valence-corrected chi connectivity index (χ3v) is 3.25. The van der Waals surface area contributed by atoms with Gasteiger partial charge in [0.25, 0.3) is 0 Å². The van der Waals surface area contributed by atoms with Gasteiger partial charge in [-0.2, -0.15) is 0 Å². The number of fused-ring (bicyclic) bond motifs is 1. The minimum absolute atomic E-state index is 0.152. The normalized spacial score (nSPS) is 17.5. The van der Waals surface area contributed by atoms with Crippen molar-refractivity contribution in [2.45, 2.75) is 19.4 Å². The maximum Gasteiger partial charge on any atom is 0.245 e. The van der Waals surface area contributed by atoms with Crippen molar-refractivity contribution >= 4 is 17.3 Å². The van der Waals surface area contributed by atoms with E-state index in [0.29, 0.717) is 0 Å². The van der Waals surface area contributed by atoms with E-state index in [1.807, 2.05) is 18.2 Å². The SMILES string of the molecule is CCN(CCCO)c1ccc2c(c1)NC(=O)C2N. The topological polar surface area (TPSA) is 78.6 Å². The maximum atomic E-state index is 11.5. The van der Waals surface area contributed by atoms with E-state index in [1.54, 1.807) is 0 Å². The number of amides is 1. The molecule has 98 valence electrons. The number of benzene rings is 1. The highest BCUT2D eigenvalue weighted by molar-refractivity contribution is 6.02. The van der Waals surface area contributed by atoms with Gasteiger partial charge in [0.2, 0.25) is 5.91 Å². The number of nitrogens with one attached hydrogen (secondary N) is 1. The lowest BCUT2D eigenvalue weighted by Crippen LogP contribution is -2.24. The van der Waals surface area contributed by atoms with Gasteiger partial charge in [-0.3, -0.25) is 4.79 Å². The molecule has 1 aliphatic rings. The highest BCUT2D eigenvalue weighted by Crippen LogP contribution is 2.32. The summed E-state index contributed by atoms with van der Waals surface area (Å²) >= 11 is 0. The Labute approximate surface area is 107 Å². The summed E-state index contributed by atoms with van der Waals surface area (Å²) in [6.45, 7) is 3.91. The predicted molar refractivity (Wildman–Crippen MR) is 71.6 cm³/mol. The van der Waals surface area contributed by atoms with Crippen LogP contribution in [0.5, 0.6) is 0 Å². The van der Waals surface area contributed by atoms with Crippen molar-refractivity contribution < 1.29 is 9.90 Å². The van der Waals surface area contributed by atoms with Gasteiger partial charge in [0.05, 0.1) is 0 Å². The van der Waals surface area contributed by atoms with E-state index in [4.69, 9.17) is 10.8 Å². The molecule has 0 saturated heterocycles. The van der Waals surface area contributed by atoms with Crippen molar-refractivity contribution in [2.24, 2.45) is 5.73 Å². The minimum atomic E-state index is -0.554. The van der Waals surface area contributed by atoms with Crippen molar-refractivity contribution in [3.8, 4) is 0 Å². The Hall–Kier alpha value is -1.59. The number of anilines is 2. The lowest BCUT2D eigenvalue weighted by molar-refractivity contribution is -0.116. The highest BCUT2D eigenvalue weighted by Gasteiger charge is 2.27. The Morgan fingerprint density at radius 2 is 2.28 bits per heavy atom. The number of carbonyl (C=O) groups is 1. The van der Waals surface area contributed by atoms with Crippen LogP contribution in [0.4, 0.5) is 11.4 Å². The summed E-state index contributed by atoms with van der Waals surface area (Å²) in [6, 6.07) is 5.26. The molecule has 1 atom stereocenters. The van der Waals surface area contributed by atoms with Crippen molar-refractivity contribution in [1.82, 2.24) is 0 Å². The van der Waals surface area contributed by atoms with Gasteiger partial charge >= 0.3 is 0 Å². The molecule has 5 heteroatoms. The number of nitrogens with zero attached hydrogens (tertiary/aromatic N) is 1. The van der Waals surface area contributed by atoms with Gasteiger partial charge in [-0.1, -0.05) is 6.07 Å².